The number of hydrogen-bond donors (Lipinski definition) is 2. The second-order valence-electron chi connectivity index (χ2n) is 4.98. The number of nitrogens with zero attached hydrogens (tertiary/aromatic N) is 2. The van der Waals surface area contributed by atoms with Gasteiger partial charge in [-0.3, -0.25) is 0 Å². The summed E-state index contributed by atoms with van der Waals surface area (Å²) >= 11 is 0. The molecule has 4 heteroatoms. The van der Waals surface area contributed by atoms with Crippen LogP contribution in [0.5, 0.6) is 0 Å². The first-order chi connectivity index (χ1) is 8.09. The molecule has 0 saturated carbocycles. The zero-order chi connectivity index (χ0) is 12.4. The lowest BCUT2D eigenvalue weighted by molar-refractivity contribution is 0.102. The van der Waals surface area contributed by atoms with Gasteiger partial charge in [-0.2, -0.15) is 0 Å². The van der Waals surface area contributed by atoms with E-state index in [2.05, 4.69) is 16.8 Å². The van der Waals surface area contributed by atoms with Gasteiger partial charge in [-0.1, -0.05) is 13.0 Å². The molecule has 0 aliphatic carbocycles. The monoisotopic (exact) mass is 235 g/mol. The molecule has 94 valence electrons. The molecule has 1 aromatic heterocycles. The number of aliphatic hydroxyl groups is 1. The molecule has 2 rings (SSSR count). The highest BCUT2D eigenvalue weighted by molar-refractivity contribution is 5.48. The van der Waals surface area contributed by atoms with E-state index in [0.717, 1.165) is 24.3 Å². The number of hydrogen-bond acceptors (Lipinski definition) is 4. The Hall–Kier alpha value is -1.13. The Bertz CT molecular complexity index is 381. The highest BCUT2D eigenvalue weighted by Gasteiger charge is 2.26. The average Bonchev–Trinajstić information content (AvgIpc) is 2.32. The van der Waals surface area contributed by atoms with Crippen molar-refractivity contribution in [2.75, 3.05) is 18.0 Å². The number of rotatable bonds is 2. The van der Waals surface area contributed by atoms with Crippen LogP contribution in [0.15, 0.2) is 18.3 Å². The van der Waals surface area contributed by atoms with Crippen LogP contribution >= 0.6 is 0 Å². The van der Waals surface area contributed by atoms with Crippen molar-refractivity contribution in [2.45, 2.75) is 32.4 Å². The summed E-state index contributed by atoms with van der Waals surface area (Å²) in [7, 11) is 0. The third-order valence-corrected chi connectivity index (χ3v) is 3.53. The van der Waals surface area contributed by atoms with Crippen molar-refractivity contribution in [1.82, 2.24) is 4.98 Å². The van der Waals surface area contributed by atoms with Crippen molar-refractivity contribution in [1.29, 1.82) is 0 Å². The highest BCUT2D eigenvalue weighted by atomic mass is 16.3. The van der Waals surface area contributed by atoms with Gasteiger partial charge in [0.15, 0.2) is 0 Å². The van der Waals surface area contributed by atoms with Crippen molar-refractivity contribution in [3.63, 3.8) is 0 Å². The zero-order valence-electron chi connectivity index (χ0n) is 10.5. The molecule has 1 fully saturated rings. The maximum atomic E-state index is 9.94. The molecule has 17 heavy (non-hydrogen) atoms. The van der Waals surface area contributed by atoms with Crippen LogP contribution in [0.4, 0.5) is 5.82 Å². The van der Waals surface area contributed by atoms with Crippen LogP contribution in [0.2, 0.25) is 0 Å². The van der Waals surface area contributed by atoms with Crippen LogP contribution in [-0.4, -0.2) is 29.3 Å². The molecular formula is C13H21N3O. The first kappa shape index (κ1) is 12.3. The molecular weight excluding hydrogens is 214 g/mol. The van der Waals surface area contributed by atoms with Gasteiger partial charge in [0.05, 0.1) is 6.10 Å². The fourth-order valence-electron chi connectivity index (χ4n) is 2.27. The second-order valence-corrected chi connectivity index (χ2v) is 4.98. The van der Waals surface area contributed by atoms with Crippen LogP contribution in [0.3, 0.4) is 0 Å². The SMILES string of the molecule is CC1CCN(c2ncccc2[C@H](C)N)CC1O. The zero-order valence-corrected chi connectivity index (χ0v) is 10.5. The number of nitrogens with two attached hydrogens (primary N) is 1. The van der Waals surface area contributed by atoms with E-state index < -0.39 is 0 Å². The van der Waals surface area contributed by atoms with Gasteiger partial charge < -0.3 is 15.7 Å². The number of anilines is 1. The van der Waals surface area contributed by atoms with Gasteiger partial charge in [0.2, 0.25) is 0 Å². The molecule has 3 N–H and O–H groups in total. The van der Waals surface area contributed by atoms with Crippen molar-refractivity contribution in [3.8, 4) is 0 Å². The summed E-state index contributed by atoms with van der Waals surface area (Å²) in [5.41, 5.74) is 7.00. The van der Waals surface area contributed by atoms with E-state index in [4.69, 9.17) is 5.73 Å². The number of aromatic nitrogens is 1. The quantitative estimate of drug-likeness (QED) is 0.811. The van der Waals surface area contributed by atoms with Crippen LogP contribution in [0, 0.1) is 5.92 Å². The number of aliphatic hydroxyl groups excluding tert-OH is 1. The van der Waals surface area contributed by atoms with Gasteiger partial charge in [0.1, 0.15) is 5.82 Å². The normalized spacial score (nSPS) is 26.9. The lowest BCUT2D eigenvalue weighted by Gasteiger charge is -2.36. The molecule has 1 aromatic rings. The summed E-state index contributed by atoms with van der Waals surface area (Å²) in [6.07, 6.45) is 2.51. The molecule has 2 heterocycles. The van der Waals surface area contributed by atoms with Gasteiger partial charge in [-0.25, -0.2) is 4.98 Å². The maximum Gasteiger partial charge on any atom is 0.133 e. The minimum absolute atomic E-state index is 0.0322. The lowest BCUT2D eigenvalue weighted by Crippen LogP contribution is -2.43. The summed E-state index contributed by atoms with van der Waals surface area (Å²) in [6, 6.07) is 3.89. The topological polar surface area (TPSA) is 62.4 Å². The van der Waals surface area contributed by atoms with E-state index in [1.165, 1.54) is 0 Å². The van der Waals surface area contributed by atoms with Crippen LogP contribution in [0.25, 0.3) is 0 Å². The maximum absolute atomic E-state index is 9.94. The molecule has 0 amide bonds. The number of pyridine rings is 1. The fraction of sp³-hybridized carbons (Fsp3) is 0.615. The van der Waals surface area contributed by atoms with Crippen molar-refractivity contribution in [2.24, 2.45) is 11.7 Å². The largest absolute Gasteiger partial charge is 0.391 e. The van der Waals surface area contributed by atoms with Gasteiger partial charge in [-0.05, 0) is 25.3 Å². The summed E-state index contributed by atoms with van der Waals surface area (Å²) in [5, 5.41) is 9.94. The molecule has 2 unspecified atom stereocenters. The molecule has 0 radical (unpaired) electrons. The average molecular weight is 235 g/mol. The third kappa shape index (κ3) is 2.58. The molecule has 1 aliphatic rings. The highest BCUT2D eigenvalue weighted by Crippen LogP contribution is 2.27. The van der Waals surface area contributed by atoms with Crippen LogP contribution in [-0.2, 0) is 0 Å². The Kier molecular flexibility index (Phi) is 3.64. The Morgan fingerprint density at radius 2 is 2.35 bits per heavy atom. The van der Waals surface area contributed by atoms with Gasteiger partial charge >= 0.3 is 0 Å². The fourth-order valence-corrected chi connectivity index (χ4v) is 2.27. The molecule has 0 spiro atoms. The van der Waals surface area contributed by atoms with Gasteiger partial charge in [-0.15, -0.1) is 0 Å². The van der Waals surface area contributed by atoms with E-state index in [0.29, 0.717) is 12.5 Å². The Morgan fingerprint density at radius 3 is 3.00 bits per heavy atom. The molecule has 0 aromatic carbocycles. The number of β-amino-alcohol motifs (C(OH)–C–C–N with tert-alkyl or cyclic N) is 1. The van der Waals surface area contributed by atoms with E-state index in [9.17, 15) is 5.11 Å². The molecule has 1 saturated heterocycles. The molecule has 0 bridgehead atoms. The predicted molar refractivity (Wildman–Crippen MR) is 68.8 cm³/mol. The molecule has 3 atom stereocenters. The first-order valence-electron chi connectivity index (χ1n) is 6.23. The van der Waals surface area contributed by atoms with E-state index in [1.54, 1.807) is 6.20 Å². The first-order valence-corrected chi connectivity index (χ1v) is 6.23. The van der Waals surface area contributed by atoms with E-state index in [-0.39, 0.29) is 12.1 Å². The smallest absolute Gasteiger partial charge is 0.133 e. The van der Waals surface area contributed by atoms with Crippen LogP contribution < -0.4 is 10.6 Å². The standard InChI is InChI=1S/C13H21N3O/c1-9-5-7-16(8-12(9)17)13-11(10(2)14)4-3-6-15-13/h3-4,6,9-10,12,17H,5,7-8,14H2,1-2H3/t9?,10-,12?/m0/s1. The van der Waals surface area contributed by atoms with E-state index >= 15 is 0 Å². The summed E-state index contributed by atoms with van der Waals surface area (Å²) in [5.74, 6) is 1.29. The van der Waals surface area contributed by atoms with Crippen molar-refractivity contribution in [3.05, 3.63) is 23.9 Å². The predicted octanol–water partition coefficient (Wildman–Crippen LogP) is 1.31. The van der Waals surface area contributed by atoms with Crippen molar-refractivity contribution < 1.29 is 5.11 Å². The molecule has 1 aliphatic heterocycles. The molecule has 4 nitrogen and oxygen atoms in total. The Morgan fingerprint density at radius 1 is 1.59 bits per heavy atom. The lowest BCUT2D eigenvalue weighted by atomic mass is 9.95. The number of piperidine rings is 1. The minimum atomic E-state index is -0.272. The second kappa shape index (κ2) is 5.02. The van der Waals surface area contributed by atoms with Gasteiger partial charge in [0.25, 0.3) is 0 Å². The van der Waals surface area contributed by atoms with Crippen molar-refractivity contribution >= 4 is 5.82 Å². The van der Waals surface area contributed by atoms with Gasteiger partial charge in [0, 0.05) is 30.9 Å². The van der Waals surface area contributed by atoms with Crippen LogP contribution in [0.1, 0.15) is 31.9 Å². The Balaban J connectivity index is 2.22. The summed E-state index contributed by atoms with van der Waals surface area (Å²) in [4.78, 5) is 6.56. The third-order valence-electron chi connectivity index (χ3n) is 3.53. The summed E-state index contributed by atoms with van der Waals surface area (Å²) in [6.45, 7) is 5.64. The summed E-state index contributed by atoms with van der Waals surface area (Å²) < 4.78 is 0. The van der Waals surface area contributed by atoms with E-state index in [1.807, 2.05) is 19.1 Å². The minimum Gasteiger partial charge on any atom is -0.391 e. The Labute approximate surface area is 102 Å².